The summed E-state index contributed by atoms with van der Waals surface area (Å²) in [6.45, 7) is 4.00. The summed E-state index contributed by atoms with van der Waals surface area (Å²) in [5.74, 6) is -0.149. The van der Waals surface area contributed by atoms with Gasteiger partial charge in [0.05, 0.1) is 29.8 Å². The van der Waals surface area contributed by atoms with Gasteiger partial charge in [-0.1, -0.05) is 19.1 Å². The van der Waals surface area contributed by atoms with E-state index in [0.717, 1.165) is 24.1 Å². The number of aryl methyl sites for hydroxylation is 1. The lowest BCUT2D eigenvalue weighted by Crippen LogP contribution is -2.41. The Morgan fingerprint density at radius 1 is 1.17 bits per heavy atom. The predicted molar refractivity (Wildman–Crippen MR) is 113 cm³/mol. The normalized spacial score (nSPS) is 20.4. The van der Waals surface area contributed by atoms with Gasteiger partial charge in [-0.15, -0.1) is 0 Å². The first-order valence-corrected chi connectivity index (χ1v) is 11.9. The van der Waals surface area contributed by atoms with Gasteiger partial charge in [-0.3, -0.25) is 9.78 Å². The van der Waals surface area contributed by atoms with Crippen LogP contribution >= 0.6 is 0 Å². The quantitative estimate of drug-likeness (QED) is 0.730. The third-order valence-corrected chi connectivity index (χ3v) is 7.81. The number of aromatic nitrogens is 1. The second-order valence-corrected chi connectivity index (χ2v) is 9.51. The summed E-state index contributed by atoms with van der Waals surface area (Å²) in [6, 6.07) is 10.7. The highest BCUT2D eigenvalue weighted by molar-refractivity contribution is 7.89. The molecule has 1 atom stereocenters. The van der Waals surface area contributed by atoms with Crippen LogP contribution in [0.3, 0.4) is 0 Å². The monoisotopic (exact) mass is 429 g/mol. The van der Waals surface area contributed by atoms with E-state index in [1.807, 2.05) is 30.0 Å². The molecule has 0 bridgehead atoms. The second-order valence-electron chi connectivity index (χ2n) is 7.60. The van der Waals surface area contributed by atoms with Crippen molar-refractivity contribution in [1.82, 2.24) is 14.2 Å². The third kappa shape index (κ3) is 3.99. The molecule has 0 saturated carbocycles. The van der Waals surface area contributed by atoms with Crippen molar-refractivity contribution in [1.29, 1.82) is 0 Å². The Bertz CT molecular complexity index is 1000. The maximum absolute atomic E-state index is 13.4. The molecule has 1 aromatic heterocycles. The lowest BCUT2D eigenvalue weighted by molar-refractivity contribution is 0.0726. The Labute approximate surface area is 177 Å². The number of hydrogen-bond donors (Lipinski definition) is 0. The average Bonchev–Trinajstić information content (AvgIpc) is 3.29. The van der Waals surface area contributed by atoms with E-state index in [9.17, 15) is 13.2 Å². The van der Waals surface area contributed by atoms with E-state index < -0.39 is 10.0 Å². The lowest BCUT2D eigenvalue weighted by atomic mass is 10.1. The molecule has 2 fully saturated rings. The number of carbonyl (C=O) groups excluding carboxylic acids is 1. The molecule has 0 N–H and O–H groups in total. The molecular formula is C22H27N3O4S. The minimum Gasteiger partial charge on any atom is -0.379 e. The molecule has 30 heavy (non-hydrogen) atoms. The van der Waals surface area contributed by atoms with Crippen molar-refractivity contribution < 1.29 is 17.9 Å². The number of likely N-dealkylation sites (tertiary alicyclic amines) is 1. The molecule has 1 aromatic carbocycles. The minimum atomic E-state index is -3.68. The van der Waals surface area contributed by atoms with E-state index >= 15 is 0 Å². The number of sulfonamides is 1. The molecule has 8 heteroatoms. The van der Waals surface area contributed by atoms with Gasteiger partial charge in [0.25, 0.3) is 5.91 Å². The van der Waals surface area contributed by atoms with Crippen LogP contribution < -0.4 is 0 Å². The van der Waals surface area contributed by atoms with Crippen LogP contribution in [-0.4, -0.2) is 61.4 Å². The summed E-state index contributed by atoms with van der Waals surface area (Å²) >= 11 is 0. The predicted octanol–water partition coefficient (Wildman–Crippen LogP) is 2.64. The number of amides is 1. The summed E-state index contributed by atoms with van der Waals surface area (Å²) in [6.07, 6.45) is 4.07. The summed E-state index contributed by atoms with van der Waals surface area (Å²) in [5, 5.41) is 0. The average molecular weight is 430 g/mol. The van der Waals surface area contributed by atoms with Crippen LogP contribution in [0, 0.1) is 0 Å². The zero-order chi connectivity index (χ0) is 21.1. The number of rotatable bonds is 5. The molecule has 160 valence electrons. The number of morpholine rings is 1. The zero-order valence-corrected chi connectivity index (χ0v) is 18.0. The van der Waals surface area contributed by atoms with Crippen molar-refractivity contribution in [3.63, 3.8) is 0 Å². The van der Waals surface area contributed by atoms with Gasteiger partial charge in [0.15, 0.2) is 0 Å². The molecule has 2 saturated heterocycles. The van der Waals surface area contributed by atoms with Gasteiger partial charge in [-0.25, -0.2) is 8.42 Å². The van der Waals surface area contributed by atoms with E-state index in [0.29, 0.717) is 44.8 Å². The van der Waals surface area contributed by atoms with Gasteiger partial charge in [-0.05, 0) is 49.1 Å². The second kappa shape index (κ2) is 8.83. The van der Waals surface area contributed by atoms with Gasteiger partial charge in [0.1, 0.15) is 0 Å². The standard InChI is InChI=1S/C22H27N3O4S/c1-2-17-8-9-18(16-21(17)30(27,28)24-12-14-29-15-13-24)22(26)25-11-5-7-20(25)19-6-3-4-10-23-19/h3-4,6,8-10,16,20H,2,5,7,11-15H2,1H3. The van der Waals surface area contributed by atoms with Gasteiger partial charge in [-0.2, -0.15) is 4.31 Å². The molecule has 1 unspecified atom stereocenters. The topological polar surface area (TPSA) is 79.8 Å². The fourth-order valence-corrected chi connectivity index (χ4v) is 5.93. The molecule has 0 spiro atoms. The maximum Gasteiger partial charge on any atom is 0.254 e. The Morgan fingerprint density at radius 2 is 1.97 bits per heavy atom. The van der Waals surface area contributed by atoms with E-state index in [4.69, 9.17) is 4.74 Å². The molecule has 2 aromatic rings. The van der Waals surface area contributed by atoms with E-state index in [2.05, 4.69) is 4.98 Å². The lowest BCUT2D eigenvalue weighted by Gasteiger charge is -2.28. The molecular weight excluding hydrogens is 402 g/mol. The molecule has 0 radical (unpaired) electrons. The van der Waals surface area contributed by atoms with Crippen LogP contribution in [0.4, 0.5) is 0 Å². The van der Waals surface area contributed by atoms with Crippen molar-refractivity contribution in [3.05, 3.63) is 59.4 Å². The van der Waals surface area contributed by atoms with Crippen LogP contribution in [0.15, 0.2) is 47.5 Å². The first kappa shape index (κ1) is 21.0. The molecule has 2 aliphatic heterocycles. The van der Waals surface area contributed by atoms with Crippen LogP contribution in [0.1, 0.15) is 47.4 Å². The molecule has 3 heterocycles. The highest BCUT2D eigenvalue weighted by Gasteiger charge is 2.33. The third-order valence-electron chi connectivity index (χ3n) is 5.83. The number of carbonyl (C=O) groups is 1. The summed E-state index contributed by atoms with van der Waals surface area (Å²) in [5.41, 5.74) is 2.00. The number of pyridine rings is 1. The van der Waals surface area contributed by atoms with Crippen molar-refractivity contribution in [2.75, 3.05) is 32.8 Å². The highest BCUT2D eigenvalue weighted by Crippen LogP contribution is 2.33. The Balaban J connectivity index is 1.66. The first-order valence-electron chi connectivity index (χ1n) is 10.4. The maximum atomic E-state index is 13.4. The van der Waals surface area contributed by atoms with Crippen molar-refractivity contribution in [3.8, 4) is 0 Å². The molecule has 1 amide bonds. The van der Waals surface area contributed by atoms with Gasteiger partial charge >= 0.3 is 0 Å². The molecule has 2 aliphatic rings. The molecule has 0 aliphatic carbocycles. The summed E-state index contributed by atoms with van der Waals surface area (Å²) in [4.78, 5) is 19.8. The van der Waals surface area contributed by atoms with Gasteiger partial charge < -0.3 is 9.64 Å². The van der Waals surface area contributed by atoms with Gasteiger partial charge in [0.2, 0.25) is 10.0 Å². The van der Waals surface area contributed by atoms with E-state index in [-0.39, 0.29) is 16.8 Å². The van der Waals surface area contributed by atoms with Crippen LogP contribution in [0.5, 0.6) is 0 Å². The first-order chi connectivity index (χ1) is 14.5. The number of hydrogen-bond acceptors (Lipinski definition) is 5. The molecule has 7 nitrogen and oxygen atoms in total. The summed E-state index contributed by atoms with van der Waals surface area (Å²) in [7, 11) is -3.68. The number of ether oxygens (including phenoxy) is 1. The van der Waals surface area contributed by atoms with Crippen LogP contribution in [0.25, 0.3) is 0 Å². The fourth-order valence-electron chi connectivity index (χ4n) is 4.20. The smallest absolute Gasteiger partial charge is 0.254 e. The largest absolute Gasteiger partial charge is 0.379 e. The number of benzene rings is 1. The Morgan fingerprint density at radius 3 is 2.67 bits per heavy atom. The Kier molecular flexibility index (Phi) is 6.17. The van der Waals surface area contributed by atoms with E-state index in [1.165, 1.54) is 4.31 Å². The van der Waals surface area contributed by atoms with Crippen LogP contribution in [0.2, 0.25) is 0 Å². The fraction of sp³-hybridized carbons (Fsp3) is 0.455. The SMILES string of the molecule is CCc1ccc(C(=O)N2CCCC2c2ccccn2)cc1S(=O)(=O)N1CCOCC1. The number of nitrogens with zero attached hydrogens (tertiary/aromatic N) is 3. The zero-order valence-electron chi connectivity index (χ0n) is 17.2. The minimum absolute atomic E-state index is 0.0798. The van der Waals surface area contributed by atoms with Gasteiger partial charge in [0, 0.05) is 31.4 Å². The van der Waals surface area contributed by atoms with Crippen LogP contribution in [-0.2, 0) is 21.2 Å². The van der Waals surface area contributed by atoms with Crippen molar-refractivity contribution in [2.45, 2.75) is 37.1 Å². The molecule has 4 rings (SSSR count). The van der Waals surface area contributed by atoms with E-state index in [1.54, 1.807) is 24.4 Å². The highest BCUT2D eigenvalue weighted by atomic mass is 32.2. The Hall–Kier alpha value is -2.29. The summed E-state index contributed by atoms with van der Waals surface area (Å²) < 4.78 is 33.3. The van der Waals surface area contributed by atoms with Crippen molar-refractivity contribution in [2.24, 2.45) is 0 Å². The van der Waals surface area contributed by atoms with Crippen molar-refractivity contribution >= 4 is 15.9 Å².